The predicted molar refractivity (Wildman–Crippen MR) is 64.0 cm³/mol. The summed E-state index contributed by atoms with van der Waals surface area (Å²) in [5.74, 6) is 0.322. The maximum absolute atomic E-state index is 8.63. The Morgan fingerprint density at radius 3 is 1.33 bits per heavy atom. The van der Waals surface area contributed by atoms with Gasteiger partial charge >= 0.3 is 0 Å². The van der Waals surface area contributed by atoms with Gasteiger partial charge in [-0.25, -0.2) is 0 Å². The molecule has 2 aromatic rings. The number of benzene rings is 2. The summed E-state index contributed by atoms with van der Waals surface area (Å²) < 4.78 is 0. The van der Waals surface area contributed by atoms with Crippen LogP contribution in [0.25, 0.3) is 0 Å². The van der Waals surface area contributed by atoms with Gasteiger partial charge in [0.15, 0.2) is 0 Å². The minimum Gasteiger partial charge on any atom is -0.508 e. The molecule has 15 heavy (non-hydrogen) atoms. The van der Waals surface area contributed by atoms with Crippen molar-refractivity contribution in [3.05, 3.63) is 65.7 Å². The lowest BCUT2D eigenvalue weighted by molar-refractivity contribution is 0.475. The maximum atomic E-state index is 8.63. The normalized spacial score (nSPS) is 8.93. The smallest absolute Gasteiger partial charge is 0.115 e. The molecule has 0 aliphatic rings. The molecule has 0 bridgehead atoms. The summed E-state index contributed by atoms with van der Waals surface area (Å²) in [4.78, 5) is 0. The van der Waals surface area contributed by atoms with E-state index in [1.165, 1.54) is 11.1 Å². The van der Waals surface area contributed by atoms with Gasteiger partial charge in [-0.1, -0.05) is 42.5 Å². The molecule has 0 amide bonds. The van der Waals surface area contributed by atoms with Crippen molar-refractivity contribution in [1.82, 2.24) is 0 Å². The number of phenolic OH excluding ortho intramolecular Hbond substituents is 1. The third-order valence-corrected chi connectivity index (χ3v) is 2.18. The number of phenols is 1. The lowest BCUT2D eigenvalue weighted by atomic mass is 10.1. The van der Waals surface area contributed by atoms with Crippen LogP contribution in [-0.4, -0.2) is 5.11 Å². The van der Waals surface area contributed by atoms with Crippen LogP contribution in [-0.2, 0) is 0 Å². The number of rotatable bonds is 0. The van der Waals surface area contributed by atoms with E-state index >= 15 is 0 Å². The Bertz CT molecular complexity index is 372. The highest BCUT2D eigenvalue weighted by molar-refractivity contribution is 5.23. The van der Waals surface area contributed by atoms with Gasteiger partial charge in [0.1, 0.15) is 5.75 Å². The van der Waals surface area contributed by atoms with Crippen LogP contribution in [0.5, 0.6) is 5.75 Å². The van der Waals surface area contributed by atoms with Gasteiger partial charge in [0.05, 0.1) is 0 Å². The van der Waals surface area contributed by atoms with E-state index < -0.39 is 0 Å². The van der Waals surface area contributed by atoms with Crippen LogP contribution in [0.4, 0.5) is 0 Å². The van der Waals surface area contributed by atoms with Crippen molar-refractivity contribution in [1.29, 1.82) is 0 Å². The summed E-state index contributed by atoms with van der Waals surface area (Å²) in [6.45, 7) is 4.24. The zero-order valence-corrected chi connectivity index (χ0v) is 9.14. The van der Waals surface area contributed by atoms with Crippen molar-refractivity contribution in [3.8, 4) is 5.75 Å². The third kappa shape index (κ3) is 4.32. The molecule has 1 heteroatoms. The standard InChI is InChI=1S/C8H10.C6H6O/c1-7-5-3-4-6-8(7)2;7-6-4-2-1-3-5-6/h3-6H,1-2H3;1-5,7H. The summed E-state index contributed by atoms with van der Waals surface area (Å²) in [5.41, 5.74) is 2.74. The maximum Gasteiger partial charge on any atom is 0.115 e. The molecule has 0 aromatic heterocycles. The summed E-state index contributed by atoms with van der Waals surface area (Å²) in [5, 5.41) is 8.63. The van der Waals surface area contributed by atoms with E-state index in [-0.39, 0.29) is 0 Å². The summed E-state index contributed by atoms with van der Waals surface area (Å²) in [6.07, 6.45) is 0. The molecule has 1 nitrogen and oxygen atoms in total. The summed E-state index contributed by atoms with van der Waals surface area (Å²) in [6, 6.07) is 17.1. The van der Waals surface area contributed by atoms with Crippen molar-refractivity contribution in [2.45, 2.75) is 13.8 Å². The molecule has 0 unspecified atom stereocenters. The Balaban J connectivity index is 0.000000151. The van der Waals surface area contributed by atoms with Crippen LogP contribution in [0.2, 0.25) is 0 Å². The molecule has 0 aliphatic carbocycles. The average Bonchev–Trinajstić information content (AvgIpc) is 2.25. The predicted octanol–water partition coefficient (Wildman–Crippen LogP) is 3.70. The highest BCUT2D eigenvalue weighted by Crippen LogP contribution is 2.03. The van der Waals surface area contributed by atoms with Gasteiger partial charge in [0, 0.05) is 0 Å². The molecule has 0 heterocycles. The molecule has 0 saturated carbocycles. The van der Waals surface area contributed by atoms with Gasteiger partial charge < -0.3 is 5.11 Å². The van der Waals surface area contributed by atoms with Crippen LogP contribution < -0.4 is 0 Å². The van der Waals surface area contributed by atoms with Crippen molar-refractivity contribution in [2.75, 3.05) is 0 Å². The van der Waals surface area contributed by atoms with E-state index in [1.54, 1.807) is 24.3 Å². The Labute approximate surface area is 91.0 Å². The van der Waals surface area contributed by atoms with Gasteiger partial charge in [0.25, 0.3) is 0 Å². The average molecular weight is 200 g/mol. The van der Waals surface area contributed by atoms with Gasteiger partial charge in [0.2, 0.25) is 0 Å². The van der Waals surface area contributed by atoms with Crippen LogP contribution in [0, 0.1) is 13.8 Å². The monoisotopic (exact) mass is 200 g/mol. The van der Waals surface area contributed by atoms with Crippen molar-refractivity contribution >= 4 is 0 Å². The molecular weight excluding hydrogens is 184 g/mol. The zero-order valence-electron chi connectivity index (χ0n) is 9.14. The van der Waals surface area contributed by atoms with E-state index in [4.69, 9.17) is 5.11 Å². The van der Waals surface area contributed by atoms with Crippen LogP contribution >= 0.6 is 0 Å². The number of hydrogen-bond donors (Lipinski definition) is 1. The zero-order chi connectivity index (χ0) is 11.1. The molecule has 0 fully saturated rings. The van der Waals surface area contributed by atoms with E-state index in [1.807, 2.05) is 6.07 Å². The Morgan fingerprint density at radius 1 is 0.667 bits per heavy atom. The van der Waals surface area contributed by atoms with Crippen LogP contribution in [0.1, 0.15) is 11.1 Å². The van der Waals surface area contributed by atoms with Gasteiger partial charge in [-0.2, -0.15) is 0 Å². The van der Waals surface area contributed by atoms with Gasteiger partial charge in [-0.15, -0.1) is 0 Å². The summed E-state index contributed by atoms with van der Waals surface area (Å²) >= 11 is 0. The fourth-order valence-electron chi connectivity index (χ4n) is 1.09. The fourth-order valence-corrected chi connectivity index (χ4v) is 1.09. The SMILES string of the molecule is Cc1ccccc1C.Oc1ccccc1. The lowest BCUT2D eigenvalue weighted by Crippen LogP contribution is -1.74. The minimum atomic E-state index is 0.322. The first-order valence-corrected chi connectivity index (χ1v) is 4.96. The molecule has 2 aromatic carbocycles. The van der Waals surface area contributed by atoms with Crippen LogP contribution in [0.15, 0.2) is 54.6 Å². The molecule has 0 spiro atoms. The second-order valence-corrected chi connectivity index (χ2v) is 3.42. The number of hydrogen-bond acceptors (Lipinski definition) is 1. The highest BCUT2D eigenvalue weighted by Gasteiger charge is 1.83. The molecular formula is C14H16O. The Kier molecular flexibility index (Phi) is 4.42. The molecule has 0 aliphatic heterocycles. The van der Waals surface area contributed by atoms with Crippen LogP contribution in [0.3, 0.4) is 0 Å². The van der Waals surface area contributed by atoms with E-state index in [2.05, 4.69) is 38.1 Å². The fraction of sp³-hybridized carbons (Fsp3) is 0.143. The number of para-hydroxylation sites is 1. The first-order chi connectivity index (χ1) is 7.20. The van der Waals surface area contributed by atoms with Crippen molar-refractivity contribution < 1.29 is 5.11 Å². The van der Waals surface area contributed by atoms with Crippen molar-refractivity contribution in [3.63, 3.8) is 0 Å². The highest BCUT2D eigenvalue weighted by atomic mass is 16.3. The quantitative estimate of drug-likeness (QED) is 0.687. The van der Waals surface area contributed by atoms with E-state index in [9.17, 15) is 0 Å². The summed E-state index contributed by atoms with van der Waals surface area (Å²) in [7, 11) is 0. The molecule has 0 atom stereocenters. The molecule has 0 saturated heterocycles. The lowest BCUT2D eigenvalue weighted by Gasteiger charge is -1.93. The first kappa shape index (κ1) is 11.3. The molecule has 78 valence electrons. The second kappa shape index (κ2) is 5.86. The topological polar surface area (TPSA) is 20.2 Å². The Morgan fingerprint density at radius 2 is 1.07 bits per heavy atom. The van der Waals surface area contributed by atoms with E-state index in [0.717, 1.165) is 0 Å². The Hall–Kier alpha value is -1.76. The van der Waals surface area contributed by atoms with E-state index in [0.29, 0.717) is 5.75 Å². The third-order valence-electron chi connectivity index (χ3n) is 2.18. The second-order valence-electron chi connectivity index (χ2n) is 3.42. The molecule has 1 N–H and O–H groups in total. The minimum absolute atomic E-state index is 0.322. The van der Waals surface area contributed by atoms with Gasteiger partial charge in [-0.05, 0) is 37.1 Å². The van der Waals surface area contributed by atoms with Gasteiger partial charge in [-0.3, -0.25) is 0 Å². The largest absolute Gasteiger partial charge is 0.508 e. The number of aryl methyl sites for hydroxylation is 2. The molecule has 2 rings (SSSR count). The first-order valence-electron chi connectivity index (χ1n) is 4.96. The number of aromatic hydroxyl groups is 1. The molecule has 0 radical (unpaired) electrons. The van der Waals surface area contributed by atoms with Crippen molar-refractivity contribution in [2.24, 2.45) is 0 Å².